The normalized spacial score (nSPS) is 13.6. The van der Waals surface area contributed by atoms with Crippen molar-refractivity contribution >= 4 is 45.9 Å². The van der Waals surface area contributed by atoms with Crippen molar-refractivity contribution in [2.24, 2.45) is 7.05 Å². The Balaban J connectivity index is 1.64. The van der Waals surface area contributed by atoms with E-state index >= 15 is 0 Å². The maximum Gasteiger partial charge on any atom is 0.293 e. The first-order valence-corrected chi connectivity index (χ1v) is 12.0. The molecule has 0 aliphatic carbocycles. The summed E-state index contributed by atoms with van der Waals surface area (Å²) in [4.78, 5) is 35.4. The van der Waals surface area contributed by atoms with Crippen LogP contribution in [0.3, 0.4) is 0 Å². The number of aromatic nitrogens is 3. The minimum Gasteiger partial charge on any atom is -0.478 e. The number of anilines is 3. The molecule has 0 bridgehead atoms. The predicted octanol–water partition coefficient (Wildman–Crippen LogP) is 4.30. The highest BCUT2D eigenvalue weighted by atomic mass is 35.5. The molecule has 0 saturated heterocycles. The van der Waals surface area contributed by atoms with Crippen LogP contribution in [-0.2, 0) is 11.8 Å². The van der Waals surface area contributed by atoms with Crippen molar-refractivity contribution in [3.05, 3.63) is 68.8 Å². The number of amides is 1. The molecule has 188 valence electrons. The monoisotopic (exact) mass is 508 g/mol. The van der Waals surface area contributed by atoms with E-state index in [-0.39, 0.29) is 23.8 Å². The van der Waals surface area contributed by atoms with Gasteiger partial charge in [-0.05, 0) is 61.8 Å². The van der Waals surface area contributed by atoms with E-state index in [2.05, 4.69) is 40.4 Å². The lowest BCUT2D eigenvalue weighted by molar-refractivity contribution is -0.122. The third-order valence-electron chi connectivity index (χ3n) is 6.25. The fourth-order valence-corrected chi connectivity index (χ4v) is 4.25. The summed E-state index contributed by atoms with van der Waals surface area (Å²) in [7, 11) is 3.17. The smallest absolute Gasteiger partial charge is 0.293 e. The number of hydrogen-bond donors (Lipinski definition) is 2. The van der Waals surface area contributed by atoms with Crippen LogP contribution in [0.25, 0.3) is 10.9 Å². The lowest BCUT2D eigenvalue weighted by Crippen LogP contribution is -2.29. The molecule has 0 atom stereocenters. The molecule has 1 aliphatic heterocycles. The summed E-state index contributed by atoms with van der Waals surface area (Å²) in [6.07, 6.45) is 4.69. The van der Waals surface area contributed by atoms with Crippen molar-refractivity contribution in [2.75, 3.05) is 30.4 Å². The zero-order valence-electron chi connectivity index (χ0n) is 21.0. The number of likely N-dealkylation sites (N-methyl/N-ethyl adjacent to an activating group) is 1. The Bertz CT molecular complexity index is 1460. The highest BCUT2D eigenvalue weighted by Crippen LogP contribution is 2.30. The standard InChI is InChI=1S/C26H29ClN6O3/c1-6-17-13-33(16(3)9-15(17)2)26-29-12-20(27)24(31-26)30-19-7-8-21-18(10-19)11-22(25(35)32(21)5)36-14-23(34)28-4/h7-12H,6,13-14H2,1-5H3,(H,28,34)(H,29,30,31). The Labute approximate surface area is 214 Å². The zero-order valence-corrected chi connectivity index (χ0v) is 21.7. The Morgan fingerprint density at radius 2 is 2.03 bits per heavy atom. The van der Waals surface area contributed by atoms with Gasteiger partial charge in [-0.2, -0.15) is 4.98 Å². The molecule has 0 spiro atoms. The van der Waals surface area contributed by atoms with Crippen LogP contribution in [0.1, 0.15) is 27.2 Å². The molecule has 0 radical (unpaired) electrons. The van der Waals surface area contributed by atoms with Crippen LogP contribution in [0.15, 0.2) is 58.2 Å². The average Bonchev–Trinajstić information content (AvgIpc) is 2.86. The van der Waals surface area contributed by atoms with Crippen molar-refractivity contribution in [2.45, 2.75) is 27.2 Å². The largest absolute Gasteiger partial charge is 0.478 e. The van der Waals surface area contributed by atoms with Crippen LogP contribution < -0.4 is 25.8 Å². The number of nitrogens with one attached hydrogen (secondary N) is 2. The van der Waals surface area contributed by atoms with Gasteiger partial charge < -0.3 is 24.8 Å². The Morgan fingerprint density at radius 1 is 1.25 bits per heavy atom. The van der Waals surface area contributed by atoms with Gasteiger partial charge in [-0.15, -0.1) is 0 Å². The van der Waals surface area contributed by atoms with Crippen molar-refractivity contribution in [3.63, 3.8) is 0 Å². The topological polar surface area (TPSA) is 101 Å². The molecule has 0 fully saturated rings. The number of carbonyl (C=O) groups is 1. The number of halogens is 1. The SMILES string of the molecule is CCC1=C(C)C=C(C)N(c2ncc(Cl)c(Nc3ccc4c(c3)cc(OCC(=O)NC)c(=O)n4C)n2)C1. The fraction of sp³-hybridized carbons (Fsp3) is 0.308. The number of pyridine rings is 1. The van der Waals surface area contributed by atoms with Gasteiger partial charge >= 0.3 is 0 Å². The van der Waals surface area contributed by atoms with Crippen LogP contribution in [0.2, 0.25) is 5.02 Å². The van der Waals surface area contributed by atoms with Crippen LogP contribution >= 0.6 is 11.6 Å². The molecule has 2 aromatic heterocycles. The zero-order chi connectivity index (χ0) is 26.0. The third-order valence-corrected chi connectivity index (χ3v) is 6.53. The number of fused-ring (bicyclic) bond motifs is 1. The Morgan fingerprint density at radius 3 is 2.75 bits per heavy atom. The van der Waals surface area contributed by atoms with Gasteiger partial charge in [0.05, 0.1) is 11.7 Å². The van der Waals surface area contributed by atoms with E-state index in [0.717, 1.165) is 35.3 Å². The quantitative estimate of drug-likeness (QED) is 0.490. The molecular formula is C26H29ClN6O3. The summed E-state index contributed by atoms with van der Waals surface area (Å²) in [5.41, 5.74) is 4.80. The average molecular weight is 509 g/mol. The summed E-state index contributed by atoms with van der Waals surface area (Å²) in [6.45, 7) is 6.80. The second kappa shape index (κ2) is 10.4. The maximum atomic E-state index is 12.6. The first-order valence-electron chi connectivity index (χ1n) is 11.6. The van der Waals surface area contributed by atoms with Gasteiger partial charge in [0, 0.05) is 37.4 Å². The Hall–Kier alpha value is -3.85. The van der Waals surface area contributed by atoms with E-state index < -0.39 is 0 Å². The molecule has 0 unspecified atom stereocenters. The van der Waals surface area contributed by atoms with E-state index in [0.29, 0.717) is 16.8 Å². The number of ether oxygens (including phenoxy) is 1. The highest BCUT2D eigenvalue weighted by Gasteiger charge is 2.20. The molecule has 2 N–H and O–H groups in total. The van der Waals surface area contributed by atoms with Gasteiger partial charge in [-0.3, -0.25) is 9.59 Å². The molecule has 3 aromatic rings. The number of hydrogen-bond acceptors (Lipinski definition) is 7. The second-order valence-electron chi connectivity index (χ2n) is 8.61. The van der Waals surface area contributed by atoms with Crippen molar-refractivity contribution in [1.82, 2.24) is 19.9 Å². The first kappa shape index (κ1) is 25.2. The Kier molecular flexibility index (Phi) is 7.30. The number of nitrogens with zero attached hydrogens (tertiary/aromatic N) is 4. The highest BCUT2D eigenvalue weighted by molar-refractivity contribution is 6.32. The van der Waals surface area contributed by atoms with Gasteiger partial charge in [0.1, 0.15) is 5.02 Å². The number of benzene rings is 1. The summed E-state index contributed by atoms with van der Waals surface area (Å²) in [5.74, 6) is 0.800. The van der Waals surface area contributed by atoms with Crippen LogP contribution in [0.5, 0.6) is 5.75 Å². The number of aryl methyl sites for hydroxylation is 1. The van der Waals surface area contributed by atoms with Gasteiger partial charge in [-0.25, -0.2) is 4.98 Å². The summed E-state index contributed by atoms with van der Waals surface area (Å²) >= 11 is 6.44. The number of carbonyl (C=O) groups excluding carboxylic acids is 1. The van der Waals surface area contributed by atoms with E-state index in [4.69, 9.17) is 21.3 Å². The van der Waals surface area contributed by atoms with E-state index in [1.807, 2.05) is 25.1 Å². The minimum atomic E-state index is -0.323. The molecule has 1 aliphatic rings. The first-order chi connectivity index (χ1) is 17.2. The molecule has 36 heavy (non-hydrogen) atoms. The lowest BCUT2D eigenvalue weighted by atomic mass is 10.0. The second-order valence-corrected chi connectivity index (χ2v) is 9.02. The molecule has 10 heteroatoms. The molecule has 1 aromatic carbocycles. The van der Waals surface area contributed by atoms with Gasteiger partial charge in [-0.1, -0.05) is 18.5 Å². The van der Waals surface area contributed by atoms with Gasteiger partial charge in [0.2, 0.25) is 5.95 Å². The van der Waals surface area contributed by atoms with E-state index in [1.54, 1.807) is 19.3 Å². The maximum absolute atomic E-state index is 12.6. The molecular weight excluding hydrogens is 480 g/mol. The van der Waals surface area contributed by atoms with Gasteiger partial charge in [0.25, 0.3) is 11.5 Å². The fourth-order valence-electron chi connectivity index (χ4n) is 4.11. The van der Waals surface area contributed by atoms with Crippen molar-refractivity contribution in [1.29, 1.82) is 0 Å². The number of allylic oxidation sites excluding steroid dienone is 3. The number of rotatable bonds is 7. The van der Waals surface area contributed by atoms with Crippen molar-refractivity contribution < 1.29 is 9.53 Å². The van der Waals surface area contributed by atoms with Crippen LogP contribution in [0.4, 0.5) is 17.5 Å². The van der Waals surface area contributed by atoms with E-state index in [1.165, 1.54) is 22.8 Å². The third kappa shape index (κ3) is 5.06. The lowest BCUT2D eigenvalue weighted by Gasteiger charge is -2.29. The molecule has 1 amide bonds. The van der Waals surface area contributed by atoms with Crippen LogP contribution in [-0.4, -0.2) is 40.6 Å². The molecule has 3 heterocycles. The van der Waals surface area contributed by atoms with Gasteiger partial charge in [0.15, 0.2) is 18.2 Å². The van der Waals surface area contributed by atoms with E-state index in [9.17, 15) is 9.59 Å². The molecule has 9 nitrogen and oxygen atoms in total. The summed E-state index contributed by atoms with van der Waals surface area (Å²) in [5, 5.41) is 6.88. The van der Waals surface area contributed by atoms with Crippen LogP contribution in [0, 0.1) is 0 Å². The minimum absolute atomic E-state index is 0.0931. The van der Waals surface area contributed by atoms with Crippen molar-refractivity contribution in [3.8, 4) is 5.75 Å². The summed E-state index contributed by atoms with van der Waals surface area (Å²) < 4.78 is 6.94. The summed E-state index contributed by atoms with van der Waals surface area (Å²) in [6, 6.07) is 7.17. The molecule has 4 rings (SSSR count). The predicted molar refractivity (Wildman–Crippen MR) is 143 cm³/mol. The molecule has 0 saturated carbocycles.